The summed E-state index contributed by atoms with van der Waals surface area (Å²) in [6.07, 6.45) is -0.534. The Morgan fingerprint density at radius 2 is 1.88 bits per heavy atom. The fourth-order valence-corrected chi connectivity index (χ4v) is 1.64. The molecule has 0 aliphatic carbocycles. The molecule has 1 aromatic rings. The van der Waals surface area contributed by atoms with E-state index in [0.29, 0.717) is 11.4 Å². The van der Waals surface area contributed by atoms with Crippen LogP contribution in [-0.4, -0.2) is 32.1 Å². The van der Waals surface area contributed by atoms with Crippen LogP contribution < -0.4 is 15.2 Å². The van der Waals surface area contributed by atoms with Gasteiger partial charge in [0.1, 0.15) is 11.9 Å². The third kappa shape index (κ3) is 5.03. The van der Waals surface area contributed by atoms with Crippen molar-refractivity contribution in [1.82, 2.24) is 0 Å². The maximum Gasteiger partial charge on any atom is 0.229 e. The van der Waals surface area contributed by atoms with Crippen molar-refractivity contribution < 1.29 is 18.3 Å². The van der Waals surface area contributed by atoms with E-state index >= 15 is 0 Å². The summed E-state index contributed by atoms with van der Waals surface area (Å²) in [4.78, 5) is 0. The van der Waals surface area contributed by atoms with Crippen LogP contribution in [0.5, 0.6) is 5.75 Å². The molecule has 0 saturated carbocycles. The van der Waals surface area contributed by atoms with E-state index in [1.807, 2.05) is 0 Å². The SMILES string of the molecule is CC(O)C(N)Oc1ccc(NS(C)(=O)=O)cc1. The summed E-state index contributed by atoms with van der Waals surface area (Å²) >= 11 is 0. The Labute approximate surface area is 100 Å². The average Bonchev–Trinajstić information content (AvgIpc) is 2.18. The highest BCUT2D eigenvalue weighted by molar-refractivity contribution is 7.92. The van der Waals surface area contributed by atoms with Crippen molar-refractivity contribution in [3.8, 4) is 5.75 Å². The molecule has 0 aliphatic rings. The third-order valence-electron chi connectivity index (χ3n) is 1.91. The molecule has 1 aromatic carbocycles. The van der Waals surface area contributed by atoms with Crippen LogP contribution in [-0.2, 0) is 10.0 Å². The standard InChI is InChI=1S/C10H16N2O4S/c1-7(13)10(11)16-9-5-3-8(4-6-9)12-17(2,14)15/h3-7,10,12-13H,11H2,1-2H3. The first kappa shape index (κ1) is 13.8. The second-order valence-electron chi connectivity index (χ2n) is 3.72. The number of ether oxygens (including phenoxy) is 1. The number of rotatable bonds is 5. The molecule has 0 radical (unpaired) electrons. The molecule has 0 saturated heterocycles. The second kappa shape index (κ2) is 5.35. The number of aliphatic hydroxyl groups is 1. The third-order valence-corrected chi connectivity index (χ3v) is 2.51. The Hall–Kier alpha value is -1.31. The number of nitrogens with one attached hydrogen (secondary N) is 1. The number of anilines is 1. The average molecular weight is 260 g/mol. The molecule has 17 heavy (non-hydrogen) atoms. The van der Waals surface area contributed by atoms with Crippen LogP contribution in [0.4, 0.5) is 5.69 Å². The number of nitrogens with two attached hydrogens (primary N) is 1. The minimum absolute atomic E-state index is 0.436. The lowest BCUT2D eigenvalue weighted by atomic mass is 10.3. The molecular weight excluding hydrogens is 244 g/mol. The van der Waals surface area contributed by atoms with Gasteiger partial charge in [0.15, 0.2) is 6.23 Å². The molecule has 0 heterocycles. The molecule has 4 N–H and O–H groups in total. The van der Waals surface area contributed by atoms with Crippen molar-refractivity contribution in [3.63, 3.8) is 0 Å². The summed E-state index contributed by atoms with van der Waals surface area (Å²) in [6, 6.07) is 6.22. The van der Waals surface area contributed by atoms with Gasteiger partial charge in [0, 0.05) is 5.69 Å². The van der Waals surface area contributed by atoms with Crippen LogP contribution in [0.2, 0.25) is 0 Å². The minimum Gasteiger partial charge on any atom is -0.473 e. The van der Waals surface area contributed by atoms with Gasteiger partial charge in [0.25, 0.3) is 0 Å². The zero-order chi connectivity index (χ0) is 13.1. The second-order valence-corrected chi connectivity index (χ2v) is 5.47. The quantitative estimate of drug-likeness (QED) is 0.652. The maximum atomic E-state index is 11.0. The Morgan fingerprint density at radius 1 is 1.35 bits per heavy atom. The first-order chi connectivity index (χ1) is 7.78. The maximum absolute atomic E-state index is 11.0. The first-order valence-electron chi connectivity index (χ1n) is 4.96. The van der Waals surface area contributed by atoms with Gasteiger partial charge in [0.05, 0.1) is 6.26 Å². The van der Waals surface area contributed by atoms with Crippen LogP contribution in [0, 0.1) is 0 Å². The van der Waals surface area contributed by atoms with Crippen molar-refractivity contribution in [2.75, 3.05) is 11.0 Å². The van der Waals surface area contributed by atoms with E-state index < -0.39 is 22.4 Å². The van der Waals surface area contributed by atoms with Crippen LogP contribution in [0.1, 0.15) is 6.92 Å². The van der Waals surface area contributed by atoms with Crippen LogP contribution in [0.3, 0.4) is 0 Å². The highest BCUT2D eigenvalue weighted by Gasteiger charge is 2.10. The molecule has 6 nitrogen and oxygen atoms in total. The number of benzene rings is 1. The van der Waals surface area contributed by atoms with E-state index in [1.165, 1.54) is 6.92 Å². The molecule has 96 valence electrons. The smallest absolute Gasteiger partial charge is 0.229 e. The van der Waals surface area contributed by atoms with Crippen LogP contribution >= 0.6 is 0 Å². The Morgan fingerprint density at radius 3 is 2.29 bits per heavy atom. The van der Waals surface area contributed by atoms with Crippen molar-refractivity contribution in [2.45, 2.75) is 19.3 Å². The lowest BCUT2D eigenvalue weighted by Crippen LogP contribution is -2.37. The van der Waals surface area contributed by atoms with E-state index in [2.05, 4.69) is 4.72 Å². The lowest BCUT2D eigenvalue weighted by molar-refractivity contribution is 0.0529. The molecule has 2 atom stereocenters. The van der Waals surface area contributed by atoms with Crippen LogP contribution in [0.15, 0.2) is 24.3 Å². The molecule has 0 bridgehead atoms. The van der Waals surface area contributed by atoms with Crippen molar-refractivity contribution >= 4 is 15.7 Å². The minimum atomic E-state index is -3.28. The molecule has 0 aliphatic heterocycles. The highest BCUT2D eigenvalue weighted by atomic mass is 32.2. The van der Waals surface area contributed by atoms with Gasteiger partial charge >= 0.3 is 0 Å². The zero-order valence-electron chi connectivity index (χ0n) is 9.62. The van der Waals surface area contributed by atoms with Gasteiger partial charge in [-0.2, -0.15) is 0 Å². The fourth-order valence-electron chi connectivity index (χ4n) is 1.07. The molecule has 2 unspecified atom stereocenters. The summed E-state index contributed by atoms with van der Waals surface area (Å²) in [6.45, 7) is 1.52. The molecule has 0 aromatic heterocycles. The highest BCUT2D eigenvalue weighted by Crippen LogP contribution is 2.17. The molecule has 0 spiro atoms. The van der Waals surface area contributed by atoms with Gasteiger partial charge in [-0.3, -0.25) is 10.5 Å². The van der Waals surface area contributed by atoms with Crippen molar-refractivity contribution in [1.29, 1.82) is 0 Å². The molecule has 1 rings (SSSR count). The van der Waals surface area contributed by atoms with E-state index in [-0.39, 0.29) is 0 Å². The van der Waals surface area contributed by atoms with Gasteiger partial charge in [-0.15, -0.1) is 0 Å². The van der Waals surface area contributed by atoms with E-state index in [4.69, 9.17) is 15.6 Å². The summed E-state index contributed by atoms with van der Waals surface area (Å²) in [5.74, 6) is 0.456. The Balaban J connectivity index is 2.68. The van der Waals surface area contributed by atoms with E-state index in [9.17, 15) is 8.42 Å². The van der Waals surface area contributed by atoms with Gasteiger partial charge < -0.3 is 9.84 Å². The molecule has 0 amide bonds. The predicted octanol–water partition coefficient (Wildman–Crippen LogP) is 0.102. The van der Waals surface area contributed by atoms with Gasteiger partial charge in [-0.05, 0) is 31.2 Å². The number of hydrogen-bond donors (Lipinski definition) is 3. The number of aliphatic hydroxyl groups excluding tert-OH is 1. The summed E-state index contributed by atoms with van der Waals surface area (Å²) in [7, 11) is -3.28. The Kier molecular flexibility index (Phi) is 4.33. The van der Waals surface area contributed by atoms with E-state index in [1.54, 1.807) is 24.3 Å². The number of hydrogen-bond acceptors (Lipinski definition) is 5. The largest absolute Gasteiger partial charge is 0.473 e. The lowest BCUT2D eigenvalue weighted by Gasteiger charge is -2.17. The summed E-state index contributed by atoms with van der Waals surface area (Å²) < 4.78 is 29.4. The molecule has 0 fully saturated rings. The Bertz CT molecular complexity index is 456. The monoisotopic (exact) mass is 260 g/mol. The number of sulfonamides is 1. The van der Waals surface area contributed by atoms with Crippen molar-refractivity contribution in [3.05, 3.63) is 24.3 Å². The van der Waals surface area contributed by atoms with Crippen LogP contribution in [0.25, 0.3) is 0 Å². The zero-order valence-corrected chi connectivity index (χ0v) is 10.4. The van der Waals surface area contributed by atoms with E-state index in [0.717, 1.165) is 6.26 Å². The predicted molar refractivity (Wildman–Crippen MR) is 65.2 cm³/mol. The summed E-state index contributed by atoms with van der Waals surface area (Å²) in [5.41, 5.74) is 5.94. The fraction of sp³-hybridized carbons (Fsp3) is 0.400. The first-order valence-corrected chi connectivity index (χ1v) is 6.85. The van der Waals surface area contributed by atoms with Crippen molar-refractivity contribution in [2.24, 2.45) is 5.73 Å². The molecular formula is C10H16N2O4S. The van der Waals surface area contributed by atoms with Gasteiger partial charge in [0.2, 0.25) is 10.0 Å². The normalized spacial score (nSPS) is 15.1. The van der Waals surface area contributed by atoms with Gasteiger partial charge in [-0.1, -0.05) is 0 Å². The summed E-state index contributed by atoms with van der Waals surface area (Å²) in [5, 5.41) is 9.15. The molecule has 7 heteroatoms. The topological polar surface area (TPSA) is 102 Å². The van der Waals surface area contributed by atoms with Gasteiger partial charge in [-0.25, -0.2) is 8.42 Å².